The predicted molar refractivity (Wildman–Crippen MR) is 72.6 cm³/mol. The zero-order valence-electron chi connectivity index (χ0n) is 11.3. The molecule has 1 aromatic rings. The number of nitrogens with two attached hydrogens (primary N) is 1. The lowest BCUT2D eigenvalue weighted by molar-refractivity contribution is 0.258. The quantitative estimate of drug-likeness (QED) is 0.788. The van der Waals surface area contributed by atoms with E-state index in [1.165, 1.54) is 5.56 Å². The third-order valence-electron chi connectivity index (χ3n) is 3.24. The topological polar surface area (TPSA) is 42.1 Å². The summed E-state index contributed by atoms with van der Waals surface area (Å²) in [4.78, 5) is 6.47. The van der Waals surface area contributed by atoms with Gasteiger partial charge in [0.25, 0.3) is 0 Å². The number of nitrogens with zero attached hydrogens (tertiary/aromatic N) is 2. The zero-order chi connectivity index (χ0) is 12.7. The smallest absolute Gasteiger partial charge is 0.0271 e. The van der Waals surface area contributed by atoms with Crippen molar-refractivity contribution in [3.8, 4) is 0 Å². The van der Waals surface area contributed by atoms with E-state index >= 15 is 0 Å². The molecule has 0 saturated carbocycles. The molecule has 3 heteroatoms. The number of hydrogen-bond donors (Lipinski definition) is 1. The van der Waals surface area contributed by atoms with Gasteiger partial charge in [0.1, 0.15) is 0 Å². The van der Waals surface area contributed by atoms with Gasteiger partial charge >= 0.3 is 0 Å². The molecule has 0 aliphatic heterocycles. The normalized spacial score (nSPS) is 13.3. The molecule has 0 aliphatic rings. The molecule has 0 saturated heterocycles. The molecule has 1 unspecified atom stereocenters. The van der Waals surface area contributed by atoms with Crippen LogP contribution in [0.15, 0.2) is 24.5 Å². The first-order valence-electron chi connectivity index (χ1n) is 6.50. The summed E-state index contributed by atoms with van der Waals surface area (Å²) in [6, 6.07) is 4.46. The lowest BCUT2D eigenvalue weighted by atomic mass is 10.0. The van der Waals surface area contributed by atoms with Crippen LogP contribution in [-0.4, -0.2) is 29.0 Å². The maximum absolute atomic E-state index is 6.08. The second kappa shape index (κ2) is 7.41. The first-order valence-corrected chi connectivity index (χ1v) is 6.50. The fourth-order valence-corrected chi connectivity index (χ4v) is 1.76. The van der Waals surface area contributed by atoms with Crippen molar-refractivity contribution in [3.63, 3.8) is 0 Å². The second-order valence-electron chi connectivity index (χ2n) is 4.92. The Kier molecular flexibility index (Phi) is 6.16. The van der Waals surface area contributed by atoms with Gasteiger partial charge in [0.05, 0.1) is 0 Å². The largest absolute Gasteiger partial charge is 0.327 e. The summed E-state index contributed by atoms with van der Waals surface area (Å²) in [6.07, 6.45) is 4.77. The summed E-state index contributed by atoms with van der Waals surface area (Å²) in [6.45, 7) is 9.69. The van der Waals surface area contributed by atoms with Gasteiger partial charge in [0.2, 0.25) is 0 Å². The fourth-order valence-electron chi connectivity index (χ4n) is 1.76. The van der Waals surface area contributed by atoms with E-state index < -0.39 is 0 Å². The molecule has 2 N–H and O–H groups in total. The molecule has 0 radical (unpaired) electrons. The number of aromatic nitrogens is 1. The minimum Gasteiger partial charge on any atom is -0.327 e. The lowest BCUT2D eigenvalue weighted by Crippen LogP contribution is -2.33. The van der Waals surface area contributed by atoms with Crippen LogP contribution < -0.4 is 5.73 Å². The van der Waals surface area contributed by atoms with E-state index in [1.807, 2.05) is 12.4 Å². The summed E-state index contributed by atoms with van der Waals surface area (Å²) in [7, 11) is 0. The van der Waals surface area contributed by atoms with Crippen molar-refractivity contribution in [2.75, 3.05) is 13.1 Å². The predicted octanol–water partition coefficient (Wildman–Crippen LogP) is 2.28. The Morgan fingerprint density at radius 2 is 1.94 bits per heavy atom. The van der Waals surface area contributed by atoms with Gasteiger partial charge in [0.15, 0.2) is 0 Å². The third kappa shape index (κ3) is 5.29. The third-order valence-corrected chi connectivity index (χ3v) is 3.24. The van der Waals surface area contributed by atoms with E-state index in [9.17, 15) is 0 Å². The maximum Gasteiger partial charge on any atom is 0.0271 e. The van der Waals surface area contributed by atoms with Gasteiger partial charge in [-0.3, -0.25) is 9.88 Å². The minimum absolute atomic E-state index is 0.307. The molecule has 1 atom stereocenters. The van der Waals surface area contributed by atoms with E-state index in [4.69, 9.17) is 5.73 Å². The highest BCUT2D eigenvalue weighted by Crippen LogP contribution is 2.07. The average molecular weight is 235 g/mol. The first-order chi connectivity index (χ1) is 8.13. The molecule has 1 aromatic heterocycles. The SMILES string of the molecule is CCN(CCC(N)C(C)C)Cc1ccncc1. The Bertz CT molecular complexity index is 298. The van der Waals surface area contributed by atoms with Crippen molar-refractivity contribution in [2.45, 2.75) is 39.8 Å². The Morgan fingerprint density at radius 3 is 2.47 bits per heavy atom. The summed E-state index contributed by atoms with van der Waals surface area (Å²) in [5, 5.41) is 0. The standard InChI is InChI=1S/C14H25N3/c1-4-17(10-7-14(15)12(2)3)11-13-5-8-16-9-6-13/h5-6,8-9,12,14H,4,7,10-11,15H2,1-3H3. The summed E-state index contributed by atoms with van der Waals surface area (Å²) in [5.74, 6) is 0.564. The fraction of sp³-hybridized carbons (Fsp3) is 0.643. The molecule has 3 nitrogen and oxygen atoms in total. The monoisotopic (exact) mass is 235 g/mol. The molecule has 1 rings (SSSR count). The van der Waals surface area contributed by atoms with Crippen LogP contribution in [0.2, 0.25) is 0 Å². The van der Waals surface area contributed by atoms with Crippen molar-refractivity contribution in [2.24, 2.45) is 11.7 Å². The van der Waals surface area contributed by atoms with E-state index in [0.717, 1.165) is 26.1 Å². The molecule has 0 aliphatic carbocycles. The molecule has 0 fully saturated rings. The van der Waals surface area contributed by atoms with Gasteiger partial charge in [-0.1, -0.05) is 20.8 Å². The van der Waals surface area contributed by atoms with Gasteiger partial charge in [0, 0.05) is 25.0 Å². The van der Waals surface area contributed by atoms with Crippen LogP contribution in [-0.2, 0) is 6.54 Å². The summed E-state index contributed by atoms with van der Waals surface area (Å²) >= 11 is 0. The second-order valence-corrected chi connectivity index (χ2v) is 4.92. The van der Waals surface area contributed by atoms with E-state index in [-0.39, 0.29) is 0 Å². The van der Waals surface area contributed by atoms with Crippen LogP contribution in [0.1, 0.15) is 32.8 Å². The van der Waals surface area contributed by atoms with E-state index in [2.05, 4.69) is 42.8 Å². The van der Waals surface area contributed by atoms with Gasteiger partial charge in [-0.25, -0.2) is 0 Å². The molecule has 1 heterocycles. The van der Waals surface area contributed by atoms with Crippen LogP contribution in [0.4, 0.5) is 0 Å². The molecular formula is C14H25N3. The highest BCUT2D eigenvalue weighted by Gasteiger charge is 2.10. The van der Waals surface area contributed by atoms with E-state index in [0.29, 0.717) is 12.0 Å². The zero-order valence-corrected chi connectivity index (χ0v) is 11.3. The van der Waals surface area contributed by atoms with Crippen LogP contribution in [0.3, 0.4) is 0 Å². The van der Waals surface area contributed by atoms with Crippen molar-refractivity contribution in [1.82, 2.24) is 9.88 Å². The van der Waals surface area contributed by atoms with Crippen LogP contribution in [0.25, 0.3) is 0 Å². The Hall–Kier alpha value is -0.930. The summed E-state index contributed by atoms with van der Waals surface area (Å²) < 4.78 is 0. The molecule has 17 heavy (non-hydrogen) atoms. The molecule has 0 amide bonds. The highest BCUT2D eigenvalue weighted by molar-refractivity contribution is 5.09. The molecule has 0 spiro atoms. The number of rotatable bonds is 7. The van der Waals surface area contributed by atoms with Crippen molar-refractivity contribution >= 4 is 0 Å². The summed E-state index contributed by atoms with van der Waals surface area (Å²) in [5.41, 5.74) is 7.40. The van der Waals surface area contributed by atoms with Crippen LogP contribution in [0, 0.1) is 5.92 Å². The highest BCUT2D eigenvalue weighted by atomic mass is 15.1. The van der Waals surface area contributed by atoms with Crippen molar-refractivity contribution in [3.05, 3.63) is 30.1 Å². The van der Waals surface area contributed by atoms with Gasteiger partial charge in [-0.2, -0.15) is 0 Å². The number of hydrogen-bond acceptors (Lipinski definition) is 3. The van der Waals surface area contributed by atoms with Crippen LogP contribution in [0.5, 0.6) is 0 Å². The molecular weight excluding hydrogens is 210 g/mol. The van der Waals surface area contributed by atoms with Gasteiger partial charge in [-0.05, 0) is 43.1 Å². The minimum atomic E-state index is 0.307. The molecule has 96 valence electrons. The van der Waals surface area contributed by atoms with Crippen molar-refractivity contribution in [1.29, 1.82) is 0 Å². The molecule has 0 bridgehead atoms. The van der Waals surface area contributed by atoms with Crippen molar-refractivity contribution < 1.29 is 0 Å². The maximum atomic E-state index is 6.08. The van der Waals surface area contributed by atoms with Crippen LogP contribution >= 0.6 is 0 Å². The molecule has 0 aromatic carbocycles. The average Bonchev–Trinajstić information content (AvgIpc) is 2.35. The lowest BCUT2D eigenvalue weighted by Gasteiger charge is -2.23. The Morgan fingerprint density at radius 1 is 1.29 bits per heavy atom. The van der Waals surface area contributed by atoms with E-state index in [1.54, 1.807) is 0 Å². The Labute approximate surface area is 105 Å². The number of pyridine rings is 1. The first kappa shape index (κ1) is 14.1. The van der Waals surface area contributed by atoms with Gasteiger partial charge in [-0.15, -0.1) is 0 Å². The van der Waals surface area contributed by atoms with Gasteiger partial charge < -0.3 is 5.73 Å². The Balaban J connectivity index is 2.39.